The van der Waals surface area contributed by atoms with Gasteiger partial charge in [-0.1, -0.05) is 0 Å². The monoisotopic (exact) mass is 264 g/mol. The lowest BCUT2D eigenvalue weighted by Crippen LogP contribution is -2.32. The highest BCUT2D eigenvalue weighted by atomic mass is 16.4. The Kier molecular flexibility index (Phi) is 4.11. The number of hydrogen-bond donors (Lipinski definition) is 1. The van der Waals surface area contributed by atoms with Gasteiger partial charge in [-0.2, -0.15) is 0 Å². The van der Waals surface area contributed by atoms with Crippen molar-refractivity contribution in [3.63, 3.8) is 0 Å². The molecule has 0 saturated carbocycles. The van der Waals surface area contributed by atoms with E-state index in [1.165, 1.54) is 0 Å². The molecule has 1 unspecified atom stereocenters. The fourth-order valence-corrected chi connectivity index (χ4v) is 2.38. The van der Waals surface area contributed by atoms with E-state index in [4.69, 9.17) is 5.11 Å². The normalized spacial score (nSPS) is 22.2. The van der Waals surface area contributed by atoms with Gasteiger partial charge < -0.3 is 10.0 Å². The fourth-order valence-electron chi connectivity index (χ4n) is 2.38. The summed E-state index contributed by atoms with van der Waals surface area (Å²) < 4.78 is 0. The number of aryl methyl sites for hydroxylation is 1. The summed E-state index contributed by atoms with van der Waals surface area (Å²) in [4.78, 5) is 24.2. The van der Waals surface area contributed by atoms with Crippen LogP contribution in [-0.2, 0) is 0 Å². The summed E-state index contributed by atoms with van der Waals surface area (Å²) >= 11 is 0. The second-order valence-electron chi connectivity index (χ2n) is 5.18. The predicted molar refractivity (Wildman–Crippen MR) is 71.2 cm³/mol. The SMILES string of the molecule is Cc1cnc(C2CN(C)CCCN2C)nc1C(=O)O. The molecule has 0 radical (unpaired) electrons. The summed E-state index contributed by atoms with van der Waals surface area (Å²) in [5.74, 6) is -0.398. The lowest BCUT2D eigenvalue weighted by Gasteiger charge is -2.26. The lowest BCUT2D eigenvalue weighted by atomic mass is 10.2. The Balaban J connectivity index is 2.33. The van der Waals surface area contributed by atoms with Crippen LogP contribution in [0.2, 0.25) is 0 Å². The number of nitrogens with zero attached hydrogens (tertiary/aromatic N) is 4. The summed E-state index contributed by atoms with van der Waals surface area (Å²) in [7, 11) is 4.10. The van der Waals surface area contributed by atoms with E-state index in [0.717, 1.165) is 26.1 Å². The lowest BCUT2D eigenvalue weighted by molar-refractivity contribution is 0.0688. The zero-order valence-corrected chi connectivity index (χ0v) is 11.6. The molecule has 0 amide bonds. The highest BCUT2D eigenvalue weighted by Crippen LogP contribution is 2.20. The van der Waals surface area contributed by atoms with Crippen LogP contribution in [0.1, 0.15) is 34.3 Å². The average Bonchev–Trinajstić information content (AvgIpc) is 2.51. The topological polar surface area (TPSA) is 69.6 Å². The highest BCUT2D eigenvalue weighted by molar-refractivity contribution is 5.86. The summed E-state index contributed by atoms with van der Waals surface area (Å²) in [5.41, 5.74) is 0.700. The standard InChI is InChI=1S/C13H20N4O2/c1-9-7-14-12(15-11(9)13(18)19)10-8-16(2)5-4-6-17(10)3/h7,10H,4-6,8H2,1-3H3,(H,18,19). The van der Waals surface area contributed by atoms with Gasteiger partial charge in [0.15, 0.2) is 5.69 Å². The maximum Gasteiger partial charge on any atom is 0.354 e. The van der Waals surface area contributed by atoms with Gasteiger partial charge in [-0.15, -0.1) is 0 Å². The maximum absolute atomic E-state index is 11.2. The molecule has 1 atom stereocenters. The minimum atomic E-state index is -0.995. The Morgan fingerprint density at radius 2 is 2.16 bits per heavy atom. The molecular formula is C13H20N4O2. The van der Waals surface area contributed by atoms with Crippen LogP contribution in [0.25, 0.3) is 0 Å². The molecule has 6 heteroatoms. The van der Waals surface area contributed by atoms with Gasteiger partial charge in [0.05, 0.1) is 6.04 Å². The third-order valence-electron chi connectivity index (χ3n) is 3.56. The van der Waals surface area contributed by atoms with Gasteiger partial charge in [-0.05, 0) is 40.5 Å². The van der Waals surface area contributed by atoms with Crippen molar-refractivity contribution in [1.29, 1.82) is 0 Å². The van der Waals surface area contributed by atoms with Gasteiger partial charge in [-0.3, -0.25) is 4.90 Å². The van der Waals surface area contributed by atoms with Crippen LogP contribution < -0.4 is 0 Å². The van der Waals surface area contributed by atoms with Crippen LogP contribution in [0, 0.1) is 6.92 Å². The molecule has 1 aliphatic rings. The molecule has 104 valence electrons. The molecule has 1 aromatic rings. The third-order valence-corrected chi connectivity index (χ3v) is 3.56. The van der Waals surface area contributed by atoms with Crippen LogP contribution in [0.15, 0.2) is 6.20 Å². The van der Waals surface area contributed by atoms with Crippen molar-refractivity contribution in [2.45, 2.75) is 19.4 Å². The van der Waals surface area contributed by atoms with Crippen molar-refractivity contribution in [3.8, 4) is 0 Å². The Labute approximate surface area is 113 Å². The molecule has 0 bridgehead atoms. The number of carboxylic acid groups (broad SMARTS) is 1. The van der Waals surface area contributed by atoms with Gasteiger partial charge in [0.25, 0.3) is 0 Å². The van der Waals surface area contributed by atoms with Gasteiger partial charge >= 0.3 is 5.97 Å². The largest absolute Gasteiger partial charge is 0.477 e. The van der Waals surface area contributed by atoms with Gasteiger partial charge in [0.1, 0.15) is 5.82 Å². The van der Waals surface area contributed by atoms with Gasteiger partial charge in [0.2, 0.25) is 0 Å². The molecule has 19 heavy (non-hydrogen) atoms. The number of rotatable bonds is 2. The van der Waals surface area contributed by atoms with E-state index in [0.29, 0.717) is 11.4 Å². The molecule has 0 aliphatic carbocycles. The molecule has 0 spiro atoms. The first kappa shape index (κ1) is 13.9. The molecule has 1 aromatic heterocycles. The van der Waals surface area contributed by atoms with Crippen LogP contribution in [0.4, 0.5) is 0 Å². The van der Waals surface area contributed by atoms with Crippen LogP contribution in [-0.4, -0.2) is 64.6 Å². The van der Waals surface area contributed by atoms with E-state index in [1.807, 2.05) is 7.05 Å². The van der Waals surface area contributed by atoms with Crippen molar-refractivity contribution in [2.24, 2.45) is 0 Å². The minimum Gasteiger partial charge on any atom is -0.477 e. The van der Waals surface area contributed by atoms with Crippen molar-refractivity contribution >= 4 is 5.97 Å². The van der Waals surface area contributed by atoms with Crippen molar-refractivity contribution < 1.29 is 9.90 Å². The molecule has 6 nitrogen and oxygen atoms in total. The number of aromatic carboxylic acids is 1. The van der Waals surface area contributed by atoms with E-state index in [2.05, 4.69) is 26.8 Å². The maximum atomic E-state index is 11.2. The van der Waals surface area contributed by atoms with Crippen LogP contribution in [0.5, 0.6) is 0 Å². The number of aromatic nitrogens is 2. The zero-order valence-electron chi connectivity index (χ0n) is 11.6. The average molecular weight is 264 g/mol. The van der Waals surface area contributed by atoms with E-state index in [9.17, 15) is 4.79 Å². The predicted octanol–water partition coefficient (Wildman–Crippen LogP) is 0.792. The smallest absolute Gasteiger partial charge is 0.354 e. The Hall–Kier alpha value is -1.53. The summed E-state index contributed by atoms with van der Waals surface area (Å²) in [6.45, 7) is 4.54. The van der Waals surface area contributed by atoms with Crippen molar-refractivity contribution in [2.75, 3.05) is 33.7 Å². The number of hydrogen-bond acceptors (Lipinski definition) is 5. The Bertz CT molecular complexity index is 478. The third kappa shape index (κ3) is 3.08. The molecule has 0 aromatic carbocycles. The first-order chi connectivity index (χ1) is 8.99. The van der Waals surface area contributed by atoms with Crippen molar-refractivity contribution in [3.05, 3.63) is 23.3 Å². The summed E-state index contributed by atoms with van der Waals surface area (Å²) in [5, 5.41) is 9.15. The molecule has 1 saturated heterocycles. The zero-order chi connectivity index (χ0) is 14.0. The first-order valence-electron chi connectivity index (χ1n) is 6.44. The second kappa shape index (κ2) is 5.63. The first-order valence-corrected chi connectivity index (χ1v) is 6.44. The summed E-state index contributed by atoms with van der Waals surface area (Å²) in [6.07, 6.45) is 2.70. The van der Waals surface area contributed by atoms with Crippen molar-refractivity contribution in [1.82, 2.24) is 19.8 Å². The number of likely N-dealkylation sites (N-methyl/N-ethyl adjacent to an activating group) is 2. The molecule has 1 aliphatic heterocycles. The van der Waals surface area contributed by atoms with Gasteiger partial charge in [0, 0.05) is 18.3 Å². The van der Waals surface area contributed by atoms with E-state index in [-0.39, 0.29) is 11.7 Å². The number of carboxylic acids is 1. The quantitative estimate of drug-likeness (QED) is 0.851. The van der Waals surface area contributed by atoms with Gasteiger partial charge in [-0.25, -0.2) is 14.8 Å². The Morgan fingerprint density at radius 3 is 2.84 bits per heavy atom. The molecule has 1 N–H and O–H groups in total. The molecular weight excluding hydrogens is 244 g/mol. The fraction of sp³-hybridized carbons (Fsp3) is 0.615. The Morgan fingerprint density at radius 1 is 1.42 bits per heavy atom. The highest BCUT2D eigenvalue weighted by Gasteiger charge is 2.25. The molecule has 2 rings (SSSR count). The van der Waals surface area contributed by atoms with E-state index in [1.54, 1.807) is 13.1 Å². The second-order valence-corrected chi connectivity index (χ2v) is 5.18. The van der Waals surface area contributed by atoms with E-state index >= 15 is 0 Å². The summed E-state index contributed by atoms with van der Waals surface area (Å²) in [6, 6.07) is 0.0474. The van der Waals surface area contributed by atoms with Crippen LogP contribution in [0.3, 0.4) is 0 Å². The minimum absolute atomic E-state index is 0.0474. The number of carbonyl (C=O) groups is 1. The molecule has 2 heterocycles. The molecule has 1 fully saturated rings. The van der Waals surface area contributed by atoms with E-state index < -0.39 is 5.97 Å². The van der Waals surface area contributed by atoms with Crippen LogP contribution >= 0.6 is 0 Å².